The Bertz CT molecular complexity index is 680. The molecule has 4 N–H and O–H groups in total. The number of nitrogens with one attached hydrogen (secondary N) is 1. The van der Waals surface area contributed by atoms with Crippen molar-refractivity contribution >= 4 is 21.9 Å². The van der Waals surface area contributed by atoms with E-state index < -0.39 is 27.3 Å². The van der Waals surface area contributed by atoms with Crippen LogP contribution in [0.5, 0.6) is 0 Å². The molecule has 1 amide bonds. The lowest BCUT2D eigenvalue weighted by Crippen LogP contribution is -2.42. The Kier molecular flexibility index (Phi) is 4.75. The molecule has 0 radical (unpaired) electrons. The van der Waals surface area contributed by atoms with E-state index in [1.807, 2.05) is 0 Å². The van der Waals surface area contributed by atoms with Crippen LogP contribution in [0.25, 0.3) is 0 Å². The van der Waals surface area contributed by atoms with Crippen LogP contribution in [-0.2, 0) is 14.8 Å². The van der Waals surface area contributed by atoms with Crippen LogP contribution in [0.4, 0.5) is 0 Å². The van der Waals surface area contributed by atoms with Crippen LogP contribution in [0.3, 0.4) is 0 Å². The van der Waals surface area contributed by atoms with Crippen LogP contribution in [0.2, 0.25) is 0 Å². The molecule has 8 heteroatoms. The van der Waals surface area contributed by atoms with Crippen molar-refractivity contribution < 1.29 is 23.1 Å². The summed E-state index contributed by atoms with van der Waals surface area (Å²) in [5.41, 5.74) is 4.49. The number of carbonyl (C=O) groups excluding carboxylic acids is 1. The van der Waals surface area contributed by atoms with Gasteiger partial charge in [-0.15, -0.1) is 0 Å². The highest BCUT2D eigenvalue weighted by Gasteiger charge is 2.28. The first-order chi connectivity index (χ1) is 9.47. The maximum absolute atomic E-state index is 12.1. The second-order valence-corrected chi connectivity index (χ2v) is 7.12. The molecule has 7 nitrogen and oxygen atoms in total. The lowest BCUT2D eigenvalue weighted by Gasteiger charge is -2.20. The van der Waals surface area contributed by atoms with E-state index in [4.69, 9.17) is 10.8 Å². The van der Waals surface area contributed by atoms with E-state index >= 15 is 0 Å². The van der Waals surface area contributed by atoms with E-state index in [1.165, 1.54) is 26.0 Å². The maximum Gasteiger partial charge on any atom is 0.335 e. The Morgan fingerprint density at radius 3 is 2.38 bits per heavy atom. The average molecular weight is 314 g/mol. The molecule has 0 saturated carbocycles. The third-order valence-corrected chi connectivity index (χ3v) is 4.52. The molecule has 0 aliphatic rings. The average Bonchev–Trinajstić information content (AvgIpc) is 2.36. The third-order valence-electron chi connectivity index (χ3n) is 3.12. The van der Waals surface area contributed by atoms with Crippen molar-refractivity contribution in [1.29, 1.82) is 0 Å². The molecule has 0 aromatic heterocycles. The smallest absolute Gasteiger partial charge is 0.335 e. The van der Waals surface area contributed by atoms with Gasteiger partial charge in [0.2, 0.25) is 15.9 Å². The summed E-state index contributed by atoms with van der Waals surface area (Å²) in [6.45, 7) is 4.41. The molecule has 0 unspecified atom stereocenters. The zero-order valence-electron chi connectivity index (χ0n) is 12.0. The third kappa shape index (κ3) is 4.02. The number of nitrogens with two attached hydrogens (primary N) is 1. The summed E-state index contributed by atoms with van der Waals surface area (Å²) in [6.07, 6.45) is 0. The summed E-state index contributed by atoms with van der Waals surface area (Å²) in [5, 5.41) is 9.01. The van der Waals surface area contributed by atoms with E-state index in [0.29, 0.717) is 5.56 Å². The van der Waals surface area contributed by atoms with Crippen LogP contribution in [0.15, 0.2) is 23.1 Å². The Morgan fingerprint density at radius 2 is 1.90 bits per heavy atom. The van der Waals surface area contributed by atoms with Crippen molar-refractivity contribution in [2.75, 3.05) is 6.54 Å². The van der Waals surface area contributed by atoms with Gasteiger partial charge in [-0.2, -0.15) is 0 Å². The van der Waals surface area contributed by atoms with E-state index in [0.717, 1.165) is 6.07 Å². The summed E-state index contributed by atoms with van der Waals surface area (Å²) < 4.78 is 26.5. The minimum atomic E-state index is -3.92. The van der Waals surface area contributed by atoms with Crippen molar-refractivity contribution in [2.24, 2.45) is 11.1 Å². The first kappa shape index (κ1) is 17.1. The number of primary amides is 1. The quantitative estimate of drug-likeness (QED) is 0.704. The van der Waals surface area contributed by atoms with Gasteiger partial charge in [-0.3, -0.25) is 4.79 Å². The fraction of sp³-hybridized carbons (Fsp3) is 0.385. The molecule has 0 bridgehead atoms. The van der Waals surface area contributed by atoms with Crippen LogP contribution in [-0.4, -0.2) is 31.9 Å². The summed E-state index contributed by atoms with van der Waals surface area (Å²) in [7, 11) is -3.92. The van der Waals surface area contributed by atoms with Crippen LogP contribution in [0.1, 0.15) is 29.8 Å². The van der Waals surface area contributed by atoms with E-state index in [-0.39, 0.29) is 17.0 Å². The highest BCUT2D eigenvalue weighted by Crippen LogP contribution is 2.18. The van der Waals surface area contributed by atoms with Crippen molar-refractivity contribution in [3.8, 4) is 0 Å². The summed E-state index contributed by atoms with van der Waals surface area (Å²) in [5.74, 6) is -1.85. The number of carboxylic acids is 1. The molecule has 1 aromatic carbocycles. The lowest BCUT2D eigenvalue weighted by atomic mass is 9.93. The minimum absolute atomic E-state index is 0.0907. The fourth-order valence-corrected chi connectivity index (χ4v) is 2.68. The number of aryl methyl sites for hydroxylation is 1. The first-order valence-corrected chi connectivity index (χ1v) is 7.59. The van der Waals surface area contributed by atoms with Gasteiger partial charge in [-0.25, -0.2) is 17.9 Å². The van der Waals surface area contributed by atoms with Gasteiger partial charge < -0.3 is 10.8 Å². The van der Waals surface area contributed by atoms with Crippen molar-refractivity contribution in [3.63, 3.8) is 0 Å². The van der Waals surface area contributed by atoms with Gasteiger partial charge in [0.25, 0.3) is 0 Å². The number of hydrogen-bond donors (Lipinski definition) is 3. The molecular formula is C13H18N2O5S. The molecule has 0 saturated heterocycles. The van der Waals surface area contributed by atoms with Gasteiger partial charge in [-0.1, -0.05) is 6.07 Å². The molecule has 1 rings (SSSR count). The Morgan fingerprint density at radius 1 is 1.33 bits per heavy atom. The predicted molar refractivity (Wildman–Crippen MR) is 76.3 cm³/mol. The lowest BCUT2D eigenvalue weighted by molar-refractivity contribution is -0.125. The molecule has 0 fully saturated rings. The first-order valence-electron chi connectivity index (χ1n) is 6.11. The number of aromatic carboxylic acids is 1. The number of carbonyl (C=O) groups is 2. The minimum Gasteiger partial charge on any atom is -0.478 e. The normalized spacial score (nSPS) is 12.1. The second kappa shape index (κ2) is 5.82. The van der Waals surface area contributed by atoms with Gasteiger partial charge in [0.15, 0.2) is 0 Å². The SMILES string of the molecule is Cc1ccc(S(=O)(=O)NCC(C)(C)C(N)=O)cc1C(=O)O. The summed E-state index contributed by atoms with van der Waals surface area (Å²) in [4.78, 5) is 22.0. The molecule has 21 heavy (non-hydrogen) atoms. The predicted octanol–water partition coefficient (Wildman–Crippen LogP) is 0.483. The molecule has 0 aliphatic carbocycles. The van der Waals surface area contributed by atoms with Crippen molar-refractivity contribution in [1.82, 2.24) is 4.72 Å². The van der Waals surface area contributed by atoms with Gasteiger partial charge in [0.1, 0.15) is 0 Å². The number of benzene rings is 1. The number of amides is 1. The number of carboxylic acid groups (broad SMARTS) is 1. The Labute approximate surface area is 123 Å². The van der Waals surface area contributed by atoms with Crippen LogP contribution >= 0.6 is 0 Å². The largest absolute Gasteiger partial charge is 0.478 e. The van der Waals surface area contributed by atoms with Gasteiger partial charge >= 0.3 is 5.97 Å². The van der Waals surface area contributed by atoms with Crippen molar-refractivity contribution in [3.05, 3.63) is 29.3 Å². The van der Waals surface area contributed by atoms with Crippen LogP contribution < -0.4 is 10.5 Å². The van der Waals surface area contributed by atoms with E-state index in [2.05, 4.69) is 4.72 Å². The monoisotopic (exact) mass is 314 g/mol. The van der Waals surface area contributed by atoms with Crippen molar-refractivity contribution in [2.45, 2.75) is 25.7 Å². The molecule has 0 spiro atoms. The molecule has 0 aliphatic heterocycles. The molecule has 0 atom stereocenters. The Balaban J connectivity index is 3.07. The van der Waals surface area contributed by atoms with Crippen LogP contribution in [0, 0.1) is 12.3 Å². The fourth-order valence-electron chi connectivity index (χ4n) is 1.44. The number of hydrogen-bond acceptors (Lipinski definition) is 4. The molecule has 0 heterocycles. The Hall–Kier alpha value is -1.93. The van der Waals surface area contributed by atoms with Gasteiger partial charge in [0, 0.05) is 6.54 Å². The maximum atomic E-state index is 12.1. The molecule has 116 valence electrons. The number of sulfonamides is 1. The molecular weight excluding hydrogens is 296 g/mol. The standard InChI is InChI=1S/C13H18N2O5S/c1-8-4-5-9(6-10(8)11(16)17)21(19,20)15-7-13(2,3)12(14)18/h4-6,15H,7H2,1-3H3,(H2,14,18)(H,16,17). The zero-order valence-corrected chi connectivity index (χ0v) is 12.8. The van der Waals surface area contributed by atoms with Gasteiger partial charge in [0.05, 0.1) is 15.9 Å². The highest BCUT2D eigenvalue weighted by molar-refractivity contribution is 7.89. The zero-order chi connectivity index (χ0) is 16.4. The van der Waals surface area contributed by atoms with Gasteiger partial charge in [-0.05, 0) is 38.5 Å². The topological polar surface area (TPSA) is 127 Å². The second-order valence-electron chi connectivity index (χ2n) is 5.35. The van der Waals surface area contributed by atoms with E-state index in [1.54, 1.807) is 6.92 Å². The molecule has 1 aromatic rings. The van der Waals surface area contributed by atoms with E-state index in [9.17, 15) is 18.0 Å². The summed E-state index contributed by atoms with van der Waals surface area (Å²) >= 11 is 0. The highest BCUT2D eigenvalue weighted by atomic mass is 32.2. The summed E-state index contributed by atoms with van der Waals surface area (Å²) in [6, 6.07) is 3.80. The number of rotatable bonds is 6.